The van der Waals surface area contributed by atoms with E-state index in [0.29, 0.717) is 23.5 Å². The molecule has 0 fully saturated rings. The summed E-state index contributed by atoms with van der Waals surface area (Å²) in [5.74, 6) is 0.306. The molecule has 1 aromatic heterocycles. The maximum Gasteiger partial charge on any atom is 0.257 e. The standard InChI is InChI=1S/C22H21N3O3/c1-28-20-11-5-3-7-16(20)13-21(26)24-15-17-8-2-4-10-19(17)25-22(27)18-9-6-12-23-14-18/h2-12,14H,13,15H2,1H3,(H,24,26)(H,25,27). The Bertz CT molecular complexity index is 958. The highest BCUT2D eigenvalue weighted by Crippen LogP contribution is 2.19. The van der Waals surface area contributed by atoms with Gasteiger partial charge in [0.15, 0.2) is 0 Å². The Labute approximate surface area is 163 Å². The number of para-hydroxylation sites is 2. The van der Waals surface area contributed by atoms with E-state index in [1.807, 2.05) is 42.5 Å². The van der Waals surface area contributed by atoms with E-state index in [1.54, 1.807) is 31.5 Å². The summed E-state index contributed by atoms with van der Waals surface area (Å²) >= 11 is 0. The number of hydrogen-bond acceptors (Lipinski definition) is 4. The topological polar surface area (TPSA) is 80.3 Å². The molecule has 0 aliphatic carbocycles. The van der Waals surface area contributed by atoms with Crippen LogP contribution in [0.4, 0.5) is 5.69 Å². The Morgan fingerprint density at radius 3 is 2.46 bits per heavy atom. The number of hydrogen-bond donors (Lipinski definition) is 2. The lowest BCUT2D eigenvalue weighted by Crippen LogP contribution is -2.25. The molecular weight excluding hydrogens is 354 g/mol. The first kappa shape index (κ1) is 19.1. The molecule has 0 radical (unpaired) electrons. The average molecular weight is 375 g/mol. The predicted molar refractivity (Wildman–Crippen MR) is 107 cm³/mol. The van der Waals surface area contributed by atoms with E-state index in [9.17, 15) is 9.59 Å². The van der Waals surface area contributed by atoms with Gasteiger partial charge in [-0.25, -0.2) is 0 Å². The molecule has 2 aromatic carbocycles. The Morgan fingerprint density at radius 2 is 1.71 bits per heavy atom. The Morgan fingerprint density at radius 1 is 0.964 bits per heavy atom. The van der Waals surface area contributed by atoms with Crippen LogP contribution in [0.2, 0.25) is 0 Å². The number of aromatic nitrogens is 1. The Balaban J connectivity index is 1.63. The molecule has 0 unspecified atom stereocenters. The summed E-state index contributed by atoms with van der Waals surface area (Å²) in [6, 6.07) is 18.2. The normalized spacial score (nSPS) is 10.2. The van der Waals surface area contributed by atoms with Crippen molar-refractivity contribution in [3.8, 4) is 5.75 Å². The quantitative estimate of drug-likeness (QED) is 0.665. The van der Waals surface area contributed by atoms with Gasteiger partial charge < -0.3 is 15.4 Å². The number of carbonyl (C=O) groups is 2. The fraction of sp³-hybridized carbons (Fsp3) is 0.136. The lowest BCUT2D eigenvalue weighted by atomic mass is 10.1. The van der Waals surface area contributed by atoms with Crippen molar-refractivity contribution >= 4 is 17.5 Å². The van der Waals surface area contributed by atoms with Gasteiger partial charge in [0.05, 0.1) is 19.1 Å². The highest BCUT2D eigenvalue weighted by Gasteiger charge is 2.11. The Hall–Kier alpha value is -3.67. The van der Waals surface area contributed by atoms with Gasteiger partial charge in [-0.3, -0.25) is 14.6 Å². The molecule has 0 saturated heterocycles. The molecule has 0 atom stereocenters. The number of benzene rings is 2. The van der Waals surface area contributed by atoms with Crippen LogP contribution in [-0.4, -0.2) is 23.9 Å². The van der Waals surface area contributed by atoms with Crippen molar-refractivity contribution in [2.24, 2.45) is 0 Å². The third-order valence-corrected chi connectivity index (χ3v) is 4.21. The maximum absolute atomic E-state index is 12.4. The first-order valence-corrected chi connectivity index (χ1v) is 8.85. The largest absolute Gasteiger partial charge is 0.496 e. The predicted octanol–water partition coefficient (Wildman–Crippen LogP) is 3.20. The van der Waals surface area contributed by atoms with Gasteiger partial charge in [-0.15, -0.1) is 0 Å². The van der Waals surface area contributed by atoms with Gasteiger partial charge in [-0.2, -0.15) is 0 Å². The van der Waals surface area contributed by atoms with Crippen molar-refractivity contribution in [3.05, 3.63) is 89.7 Å². The number of pyridine rings is 1. The van der Waals surface area contributed by atoms with Gasteiger partial charge in [0, 0.05) is 30.2 Å². The molecule has 0 aliphatic rings. The van der Waals surface area contributed by atoms with Gasteiger partial charge in [0.25, 0.3) is 5.91 Å². The number of ether oxygens (including phenoxy) is 1. The molecule has 142 valence electrons. The SMILES string of the molecule is COc1ccccc1CC(=O)NCc1ccccc1NC(=O)c1cccnc1. The third-order valence-electron chi connectivity index (χ3n) is 4.21. The zero-order chi connectivity index (χ0) is 19.8. The summed E-state index contributed by atoms with van der Waals surface area (Å²) in [6.45, 7) is 0.303. The summed E-state index contributed by atoms with van der Waals surface area (Å²) in [5, 5.41) is 5.76. The minimum atomic E-state index is -0.249. The number of rotatable bonds is 7. The van der Waals surface area contributed by atoms with Crippen LogP contribution in [0.3, 0.4) is 0 Å². The maximum atomic E-state index is 12.4. The lowest BCUT2D eigenvalue weighted by molar-refractivity contribution is -0.120. The van der Waals surface area contributed by atoms with E-state index in [0.717, 1.165) is 11.1 Å². The Kier molecular flexibility index (Phi) is 6.36. The van der Waals surface area contributed by atoms with Crippen molar-refractivity contribution in [1.29, 1.82) is 0 Å². The van der Waals surface area contributed by atoms with Crippen LogP contribution < -0.4 is 15.4 Å². The van der Waals surface area contributed by atoms with Gasteiger partial charge >= 0.3 is 0 Å². The van der Waals surface area contributed by atoms with E-state index >= 15 is 0 Å². The zero-order valence-corrected chi connectivity index (χ0v) is 15.5. The number of amides is 2. The van der Waals surface area contributed by atoms with Crippen molar-refractivity contribution in [2.45, 2.75) is 13.0 Å². The molecule has 0 aliphatic heterocycles. The molecular formula is C22H21N3O3. The third kappa shape index (κ3) is 4.94. The lowest BCUT2D eigenvalue weighted by Gasteiger charge is -2.13. The van der Waals surface area contributed by atoms with Crippen LogP contribution >= 0.6 is 0 Å². The van der Waals surface area contributed by atoms with Crippen LogP contribution in [0.1, 0.15) is 21.5 Å². The van der Waals surface area contributed by atoms with Gasteiger partial charge in [-0.1, -0.05) is 36.4 Å². The molecule has 6 heteroatoms. The van der Waals surface area contributed by atoms with E-state index in [4.69, 9.17) is 4.74 Å². The summed E-state index contributed by atoms with van der Waals surface area (Å²) in [7, 11) is 1.58. The zero-order valence-electron chi connectivity index (χ0n) is 15.5. The number of nitrogens with one attached hydrogen (secondary N) is 2. The van der Waals surface area contributed by atoms with Crippen molar-refractivity contribution in [2.75, 3.05) is 12.4 Å². The van der Waals surface area contributed by atoms with Crippen molar-refractivity contribution in [1.82, 2.24) is 10.3 Å². The fourth-order valence-corrected chi connectivity index (χ4v) is 2.77. The van der Waals surface area contributed by atoms with Gasteiger partial charge in [0.1, 0.15) is 5.75 Å². The summed E-state index contributed by atoms with van der Waals surface area (Å²) in [6.07, 6.45) is 3.34. The van der Waals surface area contributed by atoms with E-state index in [-0.39, 0.29) is 18.2 Å². The molecule has 3 rings (SSSR count). The van der Waals surface area contributed by atoms with Crippen LogP contribution in [0, 0.1) is 0 Å². The second-order valence-corrected chi connectivity index (χ2v) is 6.12. The molecule has 0 bridgehead atoms. The van der Waals surface area contributed by atoms with Crippen LogP contribution in [0.25, 0.3) is 0 Å². The second kappa shape index (κ2) is 9.32. The summed E-state index contributed by atoms with van der Waals surface area (Å²) in [5.41, 5.74) is 2.75. The number of methoxy groups -OCH3 is 1. The number of nitrogens with zero attached hydrogens (tertiary/aromatic N) is 1. The summed E-state index contributed by atoms with van der Waals surface area (Å²) in [4.78, 5) is 28.7. The monoisotopic (exact) mass is 375 g/mol. The minimum Gasteiger partial charge on any atom is -0.496 e. The molecule has 6 nitrogen and oxygen atoms in total. The average Bonchev–Trinajstić information content (AvgIpc) is 2.74. The fourth-order valence-electron chi connectivity index (χ4n) is 2.77. The van der Waals surface area contributed by atoms with Crippen LogP contribution in [0.5, 0.6) is 5.75 Å². The summed E-state index contributed by atoms with van der Waals surface area (Å²) < 4.78 is 5.28. The highest BCUT2D eigenvalue weighted by molar-refractivity contribution is 6.04. The molecule has 2 amide bonds. The van der Waals surface area contributed by atoms with Crippen LogP contribution in [0.15, 0.2) is 73.1 Å². The molecule has 1 heterocycles. The molecule has 2 N–H and O–H groups in total. The second-order valence-electron chi connectivity index (χ2n) is 6.12. The first-order chi connectivity index (χ1) is 13.7. The van der Waals surface area contributed by atoms with Crippen LogP contribution in [-0.2, 0) is 17.8 Å². The van der Waals surface area contributed by atoms with E-state index < -0.39 is 0 Å². The van der Waals surface area contributed by atoms with Crippen molar-refractivity contribution < 1.29 is 14.3 Å². The molecule has 3 aromatic rings. The molecule has 0 saturated carbocycles. The smallest absolute Gasteiger partial charge is 0.257 e. The molecule has 0 spiro atoms. The minimum absolute atomic E-state index is 0.127. The van der Waals surface area contributed by atoms with Crippen molar-refractivity contribution in [3.63, 3.8) is 0 Å². The number of anilines is 1. The highest BCUT2D eigenvalue weighted by atomic mass is 16.5. The molecule has 28 heavy (non-hydrogen) atoms. The van der Waals surface area contributed by atoms with Gasteiger partial charge in [-0.05, 0) is 29.8 Å². The van der Waals surface area contributed by atoms with E-state index in [2.05, 4.69) is 15.6 Å². The van der Waals surface area contributed by atoms with Gasteiger partial charge in [0.2, 0.25) is 5.91 Å². The number of carbonyl (C=O) groups excluding carboxylic acids is 2. The van der Waals surface area contributed by atoms with E-state index in [1.165, 1.54) is 6.20 Å². The first-order valence-electron chi connectivity index (χ1n) is 8.85.